The molecule has 3 N–H and O–H groups in total. The lowest BCUT2D eigenvalue weighted by molar-refractivity contribution is -0.115. The third-order valence-corrected chi connectivity index (χ3v) is 4.53. The molecule has 0 saturated heterocycles. The summed E-state index contributed by atoms with van der Waals surface area (Å²) in [6, 6.07) is 7.71. The maximum Gasteiger partial charge on any atom is 0.228 e. The van der Waals surface area contributed by atoms with Gasteiger partial charge in [-0.15, -0.1) is 11.3 Å². The van der Waals surface area contributed by atoms with E-state index in [1.807, 2.05) is 31.3 Å². The highest BCUT2D eigenvalue weighted by atomic mass is 35.5. The Morgan fingerprint density at radius 2 is 2.25 bits per heavy atom. The molecule has 1 aromatic heterocycles. The Bertz CT molecular complexity index is 683. The highest BCUT2D eigenvalue weighted by molar-refractivity contribution is 7.16. The van der Waals surface area contributed by atoms with Gasteiger partial charge in [-0.1, -0.05) is 11.6 Å². The third kappa shape index (κ3) is 2.46. The van der Waals surface area contributed by atoms with Gasteiger partial charge in [0.05, 0.1) is 28.7 Å². The number of nitrogens with two attached hydrogens (primary N) is 1. The molecule has 3 rings (SSSR count). The van der Waals surface area contributed by atoms with Crippen LogP contribution in [0.2, 0.25) is 4.34 Å². The highest BCUT2D eigenvalue weighted by Crippen LogP contribution is 2.34. The highest BCUT2D eigenvalue weighted by Gasteiger charge is 2.20. The van der Waals surface area contributed by atoms with Crippen molar-refractivity contribution in [3.05, 3.63) is 39.0 Å². The minimum Gasteiger partial charge on any atom is -0.397 e. The summed E-state index contributed by atoms with van der Waals surface area (Å²) in [7, 11) is 1.97. The number of nitrogen functional groups attached to an aromatic ring is 1. The van der Waals surface area contributed by atoms with Gasteiger partial charge in [0.25, 0.3) is 0 Å². The van der Waals surface area contributed by atoms with Gasteiger partial charge in [0.2, 0.25) is 5.91 Å². The van der Waals surface area contributed by atoms with E-state index in [1.165, 1.54) is 4.88 Å². The summed E-state index contributed by atoms with van der Waals surface area (Å²) in [5.41, 5.74) is 9.51. The lowest BCUT2D eigenvalue weighted by Crippen LogP contribution is -2.17. The number of carbonyl (C=O) groups excluding carboxylic acids is 1. The molecule has 1 aliphatic heterocycles. The SMILES string of the molecule is CN(Cc1ccc(Cl)s1)c1cc2c(cc1N)CC(=O)N2. The number of carbonyl (C=O) groups is 1. The zero-order valence-corrected chi connectivity index (χ0v) is 12.5. The summed E-state index contributed by atoms with van der Waals surface area (Å²) < 4.78 is 0.780. The van der Waals surface area contributed by atoms with Gasteiger partial charge in [0.1, 0.15) is 0 Å². The number of nitrogens with one attached hydrogen (secondary N) is 1. The van der Waals surface area contributed by atoms with Crippen molar-refractivity contribution < 1.29 is 4.79 Å². The maximum absolute atomic E-state index is 11.4. The molecule has 0 atom stereocenters. The van der Waals surface area contributed by atoms with Crippen LogP contribution in [0.3, 0.4) is 0 Å². The molecule has 2 heterocycles. The quantitative estimate of drug-likeness (QED) is 0.857. The number of thiophene rings is 1. The number of benzene rings is 1. The summed E-state index contributed by atoms with van der Waals surface area (Å²) in [6.45, 7) is 0.730. The third-order valence-electron chi connectivity index (χ3n) is 3.31. The van der Waals surface area contributed by atoms with Crippen molar-refractivity contribution in [1.82, 2.24) is 0 Å². The average Bonchev–Trinajstić information content (AvgIpc) is 2.93. The summed E-state index contributed by atoms with van der Waals surface area (Å²) in [4.78, 5) is 14.6. The van der Waals surface area contributed by atoms with Crippen molar-refractivity contribution in [2.75, 3.05) is 23.0 Å². The molecule has 1 aliphatic rings. The molecule has 0 unspecified atom stereocenters. The minimum atomic E-state index is 0.0178. The molecular weight excluding hydrogens is 294 g/mol. The average molecular weight is 308 g/mol. The van der Waals surface area contributed by atoms with Crippen LogP contribution in [0.5, 0.6) is 0 Å². The molecule has 1 aromatic carbocycles. The zero-order valence-electron chi connectivity index (χ0n) is 10.9. The lowest BCUT2D eigenvalue weighted by atomic mass is 10.1. The van der Waals surface area contributed by atoms with Gasteiger partial charge in [-0.2, -0.15) is 0 Å². The van der Waals surface area contributed by atoms with Gasteiger partial charge in [0.15, 0.2) is 0 Å². The Labute approximate surface area is 126 Å². The molecule has 1 amide bonds. The van der Waals surface area contributed by atoms with Crippen LogP contribution in [0, 0.1) is 0 Å². The largest absolute Gasteiger partial charge is 0.397 e. The topological polar surface area (TPSA) is 58.4 Å². The van der Waals surface area contributed by atoms with E-state index in [4.69, 9.17) is 17.3 Å². The lowest BCUT2D eigenvalue weighted by Gasteiger charge is -2.21. The van der Waals surface area contributed by atoms with E-state index in [2.05, 4.69) is 10.2 Å². The number of nitrogens with zero attached hydrogens (tertiary/aromatic N) is 1. The first-order valence-corrected chi connectivity index (χ1v) is 7.40. The number of fused-ring (bicyclic) bond motifs is 1. The Balaban J connectivity index is 1.86. The van der Waals surface area contributed by atoms with Crippen LogP contribution in [0.25, 0.3) is 0 Å². The summed E-state index contributed by atoms with van der Waals surface area (Å²) in [5.74, 6) is 0.0178. The fourth-order valence-corrected chi connectivity index (χ4v) is 3.51. The molecule has 20 heavy (non-hydrogen) atoms. The molecule has 0 bridgehead atoms. The fraction of sp³-hybridized carbons (Fsp3) is 0.214. The van der Waals surface area contributed by atoms with Crippen LogP contribution in [-0.2, 0) is 17.8 Å². The molecule has 104 valence electrons. The Hall–Kier alpha value is -1.72. The predicted molar refractivity (Wildman–Crippen MR) is 84.6 cm³/mol. The van der Waals surface area contributed by atoms with Gasteiger partial charge in [-0.3, -0.25) is 4.79 Å². The number of hydrogen-bond donors (Lipinski definition) is 2. The molecule has 0 aliphatic carbocycles. The number of amides is 1. The molecule has 0 saturated carbocycles. The number of anilines is 3. The second kappa shape index (κ2) is 5.00. The van der Waals surface area contributed by atoms with E-state index in [0.717, 1.165) is 27.8 Å². The van der Waals surface area contributed by atoms with Crippen LogP contribution in [0.1, 0.15) is 10.4 Å². The van der Waals surface area contributed by atoms with Crippen LogP contribution < -0.4 is 16.0 Å². The Kier molecular flexibility index (Phi) is 3.31. The molecule has 0 spiro atoms. The van der Waals surface area contributed by atoms with Crippen molar-refractivity contribution >= 4 is 45.9 Å². The standard InChI is InChI=1S/C14H14ClN3OS/c1-18(7-9-2-3-13(15)20-9)12-6-11-8(4-10(12)16)5-14(19)17-11/h2-4,6H,5,7,16H2,1H3,(H,17,19). The van der Waals surface area contributed by atoms with Gasteiger partial charge >= 0.3 is 0 Å². The van der Waals surface area contributed by atoms with E-state index in [1.54, 1.807) is 11.3 Å². The van der Waals surface area contributed by atoms with Crippen LogP contribution in [0.4, 0.5) is 17.1 Å². The molecular formula is C14H14ClN3OS. The first-order valence-electron chi connectivity index (χ1n) is 6.20. The first kappa shape index (κ1) is 13.3. The summed E-state index contributed by atoms with van der Waals surface area (Å²) >= 11 is 7.50. The van der Waals surface area contributed by atoms with Crippen molar-refractivity contribution in [3.8, 4) is 0 Å². The van der Waals surface area contributed by atoms with Crippen LogP contribution in [-0.4, -0.2) is 13.0 Å². The first-order chi connectivity index (χ1) is 9.52. The summed E-state index contributed by atoms with van der Waals surface area (Å²) in [6.07, 6.45) is 0.407. The van der Waals surface area contributed by atoms with Gasteiger partial charge in [-0.25, -0.2) is 0 Å². The Morgan fingerprint density at radius 3 is 2.95 bits per heavy atom. The molecule has 2 aromatic rings. The van der Waals surface area contributed by atoms with E-state index in [0.29, 0.717) is 12.1 Å². The van der Waals surface area contributed by atoms with Gasteiger partial charge in [-0.05, 0) is 29.8 Å². The molecule has 4 nitrogen and oxygen atoms in total. The minimum absolute atomic E-state index is 0.0178. The Morgan fingerprint density at radius 1 is 1.45 bits per heavy atom. The maximum atomic E-state index is 11.4. The van der Waals surface area contributed by atoms with E-state index < -0.39 is 0 Å². The molecule has 6 heteroatoms. The van der Waals surface area contributed by atoms with Crippen molar-refractivity contribution in [1.29, 1.82) is 0 Å². The van der Waals surface area contributed by atoms with Crippen molar-refractivity contribution in [2.45, 2.75) is 13.0 Å². The monoisotopic (exact) mass is 307 g/mol. The van der Waals surface area contributed by atoms with E-state index >= 15 is 0 Å². The number of hydrogen-bond acceptors (Lipinski definition) is 4. The fourth-order valence-electron chi connectivity index (χ4n) is 2.37. The smallest absolute Gasteiger partial charge is 0.228 e. The van der Waals surface area contributed by atoms with Gasteiger partial charge < -0.3 is 16.0 Å². The van der Waals surface area contributed by atoms with Crippen LogP contribution >= 0.6 is 22.9 Å². The number of rotatable bonds is 3. The van der Waals surface area contributed by atoms with Crippen LogP contribution in [0.15, 0.2) is 24.3 Å². The number of halogens is 1. The zero-order chi connectivity index (χ0) is 14.3. The van der Waals surface area contributed by atoms with E-state index in [-0.39, 0.29) is 5.91 Å². The van der Waals surface area contributed by atoms with E-state index in [9.17, 15) is 4.79 Å². The second-order valence-corrected chi connectivity index (χ2v) is 6.65. The normalized spacial score (nSPS) is 13.2. The van der Waals surface area contributed by atoms with Gasteiger partial charge in [0, 0.05) is 17.6 Å². The van der Waals surface area contributed by atoms with Crippen molar-refractivity contribution in [2.24, 2.45) is 0 Å². The second-order valence-electron chi connectivity index (χ2n) is 4.86. The van der Waals surface area contributed by atoms with Crippen molar-refractivity contribution in [3.63, 3.8) is 0 Å². The predicted octanol–water partition coefficient (Wildman–Crippen LogP) is 3.11. The molecule has 0 radical (unpaired) electrons. The summed E-state index contributed by atoms with van der Waals surface area (Å²) in [5, 5.41) is 2.85. The molecule has 0 fully saturated rings.